The predicted octanol–water partition coefficient (Wildman–Crippen LogP) is 0.621. The molecule has 13 heavy (non-hydrogen) atoms. The predicted molar refractivity (Wildman–Crippen MR) is 53.2 cm³/mol. The van der Waals surface area contributed by atoms with E-state index < -0.39 is 0 Å². The van der Waals surface area contributed by atoms with Gasteiger partial charge in [0.1, 0.15) is 0 Å². The van der Waals surface area contributed by atoms with E-state index in [1.807, 2.05) is 14.1 Å². The molecule has 0 spiro atoms. The first-order valence-corrected chi connectivity index (χ1v) is 4.88. The summed E-state index contributed by atoms with van der Waals surface area (Å²) in [7, 11) is 3.65. The zero-order chi connectivity index (χ0) is 9.84. The Labute approximate surface area is 80.7 Å². The minimum absolute atomic E-state index is 0.200. The molecule has 0 bridgehead atoms. The number of likely N-dealkylation sites (tertiary alicyclic amines) is 1. The van der Waals surface area contributed by atoms with Crippen LogP contribution < -0.4 is 0 Å². The SMILES string of the molecule is [CH2]CN1CCCC(C(=O)N(C)C)C1. The van der Waals surface area contributed by atoms with E-state index in [4.69, 9.17) is 0 Å². The minimum atomic E-state index is 0.200. The van der Waals surface area contributed by atoms with Crippen LogP contribution in [-0.4, -0.2) is 49.4 Å². The van der Waals surface area contributed by atoms with Gasteiger partial charge in [-0.25, -0.2) is 0 Å². The van der Waals surface area contributed by atoms with E-state index in [0.717, 1.165) is 32.5 Å². The summed E-state index contributed by atoms with van der Waals surface area (Å²) in [6.45, 7) is 6.65. The standard InChI is InChI=1S/C10H19N2O/c1-4-12-7-5-6-9(8-12)10(13)11(2)3/h9H,1,4-8H2,2-3H3. The summed E-state index contributed by atoms with van der Waals surface area (Å²) in [6.07, 6.45) is 2.16. The lowest BCUT2D eigenvalue weighted by molar-refractivity contribution is -0.134. The lowest BCUT2D eigenvalue weighted by Crippen LogP contribution is -2.42. The van der Waals surface area contributed by atoms with Gasteiger partial charge in [0.25, 0.3) is 0 Å². The molecule has 1 aliphatic heterocycles. The molecule has 0 N–H and O–H groups in total. The van der Waals surface area contributed by atoms with Gasteiger partial charge < -0.3 is 9.80 Å². The fourth-order valence-corrected chi connectivity index (χ4v) is 1.83. The van der Waals surface area contributed by atoms with E-state index in [0.29, 0.717) is 0 Å². The van der Waals surface area contributed by atoms with Gasteiger partial charge in [0.15, 0.2) is 0 Å². The Bertz CT molecular complexity index is 180. The van der Waals surface area contributed by atoms with Crippen LogP contribution >= 0.6 is 0 Å². The maximum atomic E-state index is 11.6. The summed E-state index contributed by atoms with van der Waals surface area (Å²) in [5.41, 5.74) is 0. The fraction of sp³-hybridized carbons (Fsp3) is 0.800. The molecule has 0 aromatic rings. The van der Waals surface area contributed by atoms with Crippen molar-refractivity contribution in [3.05, 3.63) is 6.92 Å². The van der Waals surface area contributed by atoms with Crippen LogP contribution in [0.15, 0.2) is 0 Å². The highest BCUT2D eigenvalue weighted by Gasteiger charge is 2.25. The third-order valence-corrected chi connectivity index (χ3v) is 2.61. The van der Waals surface area contributed by atoms with Gasteiger partial charge in [-0.3, -0.25) is 4.79 Å². The molecule has 1 unspecified atom stereocenters. The molecule has 75 valence electrons. The Balaban J connectivity index is 2.46. The fourth-order valence-electron chi connectivity index (χ4n) is 1.83. The zero-order valence-corrected chi connectivity index (χ0v) is 8.62. The zero-order valence-electron chi connectivity index (χ0n) is 8.62. The molecule has 0 aliphatic carbocycles. The molecule has 3 nitrogen and oxygen atoms in total. The summed E-state index contributed by atoms with van der Waals surface area (Å²) in [4.78, 5) is 15.6. The first-order chi connectivity index (χ1) is 6.15. The monoisotopic (exact) mass is 183 g/mol. The van der Waals surface area contributed by atoms with Crippen molar-refractivity contribution in [3.8, 4) is 0 Å². The van der Waals surface area contributed by atoms with Crippen molar-refractivity contribution >= 4 is 5.91 Å². The number of nitrogens with zero attached hydrogens (tertiary/aromatic N) is 2. The molecular weight excluding hydrogens is 164 g/mol. The van der Waals surface area contributed by atoms with Gasteiger partial charge in [-0.05, 0) is 32.9 Å². The van der Waals surface area contributed by atoms with Crippen molar-refractivity contribution < 1.29 is 4.79 Å². The van der Waals surface area contributed by atoms with Crippen LogP contribution in [0, 0.1) is 12.8 Å². The number of carbonyl (C=O) groups is 1. The molecule has 1 rings (SSSR count). The Morgan fingerprint density at radius 2 is 2.31 bits per heavy atom. The molecule has 1 amide bonds. The van der Waals surface area contributed by atoms with Crippen LogP contribution in [0.25, 0.3) is 0 Å². The molecule has 1 radical (unpaired) electrons. The Kier molecular flexibility index (Phi) is 3.72. The van der Waals surface area contributed by atoms with Crippen molar-refractivity contribution in [2.45, 2.75) is 12.8 Å². The van der Waals surface area contributed by atoms with Crippen molar-refractivity contribution in [1.82, 2.24) is 9.80 Å². The van der Waals surface area contributed by atoms with E-state index in [2.05, 4.69) is 11.8 Å². The van der Waals surface area contributed by atoms with Gasteiger partial charge in [-0.2, -0.15) is 0 Å². The summed E-state index contributed by atoms with van der Waals surface area (Å²) >= 11 is 0. The third kappa shape index (κ3) is 2.69. The second kappa shape index (κ2) is 4.61. The van der Waals surface area contributed by atoms with Crippen LogP contribution in [0.2, 0.25) is 0 Å². The smallest absolute Gasteiger partial charge is 0.226 e. The van der Waals surface area contributed by atoms with Crippen LogP contribution in [0.3, 0.4) is 0 Å². The minimum Gasteiger partial charge on any atom is -0.349 e. The van der Waals surface area contributed by atoms with Gasteiger partial charge in [-0.15, -0.1) is 0 Å². The maximum Gasteiger partial charge on any atom is 0.226 e. The Morgan fingerprint density at radius 1 is 1.62 bits per heavy atom. The highest BCUT2D eigenvalue weighted by atomic mass is 16.2. The molecule has 1 fully saturated rings. The van der Waals surface area contributed by atoms with Gasteiger partial charge in [0, 0.05) is 20.6 Å². The van der Waals surface area contributed by atoms with E-state index in [1.54, 1.807) is 4.90 Å². The quantitative estimate of drug-likeness (QED) is 0.626. The first kappa shape index (κ1) is 10.5. The molecule has 0 aromatic carbocycles. The molecule has 1 aliphatic rings. The van der Waals surface area contributed by atoms with Crippen molar-refractivity contribution in [1.29, 1.82) is 0 Å². The lowest BCUT2D eigenvalue weighted by atomic mass is 9.97. The molecular formula is C10H19N2O. The molecule has 1 heterocycles. The van der Waals surface area contributed by atoms with Crippen LogP contribution in [0.5, 0.6) is 0 Å². The molecule has 0 aromatic heterocycles. The van der Waals surface area contributed by atoms with Crippen LogP contribution in [0.4, 0.5) is 0 Å². The average molecular weight is 183 g/mol. The summed E-state index contributed by atoms with van der Waals surface area (Å²) in [5, 5.41) is 0. The molecule has 1 saturated heterocycles. The second-order valence-electron chi connectivity index (χ2n) is 3.87. The van der Waals surface area contributed by atoms with Gasteiger partial charge in [-0.1, -0.05) is 0 Å². The summed E-state index contributed by atoms with van der Waals surface area (Å²) in [5.74, 6) is 0.462. The number of hydrogen-bond donors (Lipinski definition) is 0. The summed E-state index contributed by atoms with van der Waals surface area (Å²) < 4.78 is 0. The third-order valence-electron chi connectivity index (χ3n) is 2.61. The maximum absolute atomic E-state index is 11.6. The molecule has 0 saturated carbocycles. The highest BCUT2D eigenvalue weighted by molar-refractivity contribution is 5.78. The van der Waals surface area contributed by atoms with Crippen molar-refractivity contribution in [3.63, 3.8) is 0 Å². The molecule has 3 heteroatoms. The van der Waals surface area contributed by atoms with Crippen molar-refractivity contribution in [2.75, 3.05) is 33.7 Å². The largest absolute Gasteiger partial charge is 0.349 e. The second-order valence-corrected chi connectivity index (χ2v) is 3.87. The van der Waals surface area contributed by atoms with E-state index in [-0.39, 0.29) is 11.8 Å². The Hall–Kier alpha value is -0.570. The van der Waals surface area contributed by atoms with Crippen LogP contribution in [0.1, 0.15) is 12.8 Å². The van der Waals surface area contributed by atoms with E-state index >= 15 is 0 Å². The van der Waals surface area contributed by atoms with Gasteiger partial charge in [0.2, 0.25) is 5.91 Å². The summed E-state index contributed by atoms with van der Waals surface area (Å²) in [6, 6.07) is 0. The van der Waals surface area contributed by atoms with Gasteiger partial charge >= 0.3 is 0 Å². The number of rotatable bonds is 2. The normalized spacial score (nSPS) is 24.4. The number of piperidine rings is 1. The first-order valence-electron chi connectivity index (χ1n) is 4.88. The van der Waals surface area contributed by atoms with E-state index in [9.17, 15) is 4.79 Å². The molecule has 1 atom stereocenters. The Morgan fingerprint density at radius 3 is 2.85 bits per heavy atom. The van der Waals surface area contributed by atoms with E-state index in [1.165, 1.54) is 0 Å². The number of amides is 1. The number of hydrogen-bond acceptors (Lipinski definition) is 2. The van der Waals surface area contributed by atoms with Crippen molar-refractivity contribution in [2.24, 2.45) is 5.92 Å². The average Bonchev–Trinajstić information content (AvgIpc) is 2.16. The highest BCUT2D eigenvalue weighted by Crippen LogP contribution is 2.17. The van der Waals surface area contributed by atoms with Crippen LogP contribution in [-0.2, 0) is 4.79 Å². The van der Waals surface area contributed by atoms with Gasteiger partial charge in [0.05, 0.1) is 5.92 Å². The lowest BCUT2D eigenvalue weighted by Gasteiger charge is -2.32. The number of carbonyl (C=O) groups excluding carboxylic acids is 1. The topological polar surface area (TPSA) is 23.6 Å².